The lowest BCUT2D eigenvalue weighted by atomic mass is 10.1. The number of benzene rings is 1. The maximum Gasteiger partial charge on any atom is 0.144 e. The number of aliphatic hydroxyl groups excluding tert-OH is 1. The maximum atomic E-state index is 9.81. The number of aryl methyl sites for hydroxylation is 1. The summed E-state index contributed by atoms with van der Waals surface area (Å²) in [6.07, 6.45) is -0.741. The van der Waals surface area contributed by atoms with Crippen molar-refractivity contribution in [1.29, 1.82) is 0 Å². The standard InChI is InChI=1S/C12H18ClNO2/c1-7(2)16-12-9(11(15)6-14)4-8(3)5-10(12)13/h4-5,7,11,15H,6,14H2,1-3H3. The van der Waals surface area contributed by atoms with Crippen LogP contribution in [-0.2, 0) is 0 Å². The van der Waals surface area contributed by atoms with Crippen molar-refractivity contribution >= 4 is 11.6 Å². The molecule has 0 amide bonds. The molecule has 1 atom stereocenters. The van der Waals surface area contributed by atoms with Crippen LogP contribution in [0.25, 0.3) is 0 Å². The van der Waals surface area contributed by atoms with Gasteiger partial charge in [0, 0.05) is 12.1 Å². The van der Waals surface area contributed by atoms with Crippen LogP contribution in [0.2, 0.25) is 5.02 Å². The van der Waals surface area contributed by atoms with E-state index >= 15 is 0 Å². The molecule has 0 aromatic heterocycles. The van der Waals surface area contributed by atoms with Gasteiger partial charge in [-0.25, -0.2) is 0 Å². The van der Waals surface area contributed by atoms with Crippen LogP contribution < -0.4 is 10.5 Å². The van der Waals surface area contributed by atoms with Gasteiger partial charge in [0.25, 0.3) is 0 Å². The minimum Gasteiger partial charge on any atom is -0.489 e. The van der Waals surface area contributed by atoms with Gasteiger partial charge in [0.1, 0.15) is 5.75 Å². The number of hydrogen-bond donors (Lipinski definition) is 2. The van der Waals surface area contributed by atoms with Gasteiger partial charge in [0.2, 0.25) is 0 Å². The normalized spacial score (nSPS) is 12.9. The predicted octanol–water partition coefficient (Wildman–Crippen LogP) is 2.43. The smallest absolute Gasteiger partial charge is 0.144 e. The van der Waals surface area contributed by atoms with Gasteiger partial charge in [0.15, 0.2) is 0 Å². The van der Waals surface area contributed by atoms with Crippen molar-refractivity contribution < 1.29 is 9.84 Å². The second kappa shape index (κ2) is 5.53. The van der Waals surface area contributed by atoms with E-state index < -0.39 is 6.10 Å². The molecule has 0 spiro atoms. The van der Waals surface area contributed by atoms with Crippen LogP contribution in [0.5, 0.6) is 5.75 Å². The van der Waals surface area contributed by atoms with E-state index in [4.69, 9.17) is 22.1 Å². The third-order valence-corrected chi connectivity index (χ3v) is 2.43. The van der Waals surface area contributed by atoms with Crippen LogP contribution in [0.4, 0.5) is 0 Å². The molecule has 0 radical (unpaired) electrons. The lowest BCUT2D eigenvalue weighted by Crippen LogP contribution is -2.15. The van der Waals surface area contributed by atoms with E-state index in [1.54, 1.807) is 0 Å². The fourth-order valence-electron chi connectivity index (χ4n) is 1.49. The van der Waals surface area contributed by atoms with Gasteiger partial charge >= 0.3 is 0 Å². The second-order valence-electron chi connectivity index (χ2n) is 4.08. The number of halogens is 1. The molecule has 0 aliphatic carbocycles. The predicted molar refractivity (Wildman–Crippen MR) is 66.0 cm³/mol. The molecule has 0 bridgehead atoms. The van der Waals surface area contributed by atoms with E-state index in [1.807, 2.05) is 32.9 Å². The summed E-state index contributed by atoms with van der Waals surface area (Å²) in [5.74, 6) is 0.528. The highest BCUT2D eigenvalue weighted by Gasteiger charge is 2.17. The monoisotopic (exact) mass is 243 g/mol. The third kappa shape index (κ3) is 3.11. The Morgan fingerprint density at radius 1 is 1.44 bits per heavy atom. The minimum absolute atomic E-state index is 0.00364. The van der Waals surface area contributed by atoms with Crippen molar-refractivity contribution in [2.45, 2.75) is 33.0 Å². The van der Waals surface area contributed by atoms with E-state index in [-0.39, 0.29) is 12.6 Å². The molecule has 0 aliphatic heterocycles. The summed E-state index contributed by atoms with van der Waals surface area (Å²) in [7, 11) is 0. The molecule has 3 nitrogen and oxygen atoms in total. The Morgan fingerprint density at radius 3 is 2.56 bits per heavy atom. The number of aliphatic hydroxyl groups is 1. The molecule has 1 unspecified atom stereocenters. The van der Waals surface area contributed by atoms with Gasteiger partial charge in [-0.05, 0) is 38.5 Å². The summed E-state index contributed by atoms with van der Waals surface area (Å²) in [5.41, 5.74) is 7.08. The van der Waals surface area contributed by atoms with Gasteiger partial charge < -0.3 is 15.6 Å². The van der Waals surface area contributed by atoms with Gasteiger partial charge in [-0.15, -0.1) is 0 Å². The van der Waals surface area contributed by atoms with Gasteiger partial charge in [-0.1, -0.05) is 11.6 Å². The highest BCUT2D eigenvalue weighted by atomic mass is 35.5. The quantitative estimate of drug-likeness (QED) is 0.854. The third-order valence-electron chi connectivity index (χ3n) is 2.15. The molecule has 0 heterocycles. The van der Waals surface area contributed by atoms with Gasteiger partial charge in [-0.2, -0.15) is 0 Å². The molecule has 4 heteroatoms. The molecule has 3 N–H and O–H groups in total. The average Bonchev–Trinajstić information content (AvgIpc) is 2.20. The minimum atomic E-state index is -0.744. The first-order valence-electron chi connectivity index (χ1n) is 5.30. The molecule has 1 aromatic carbocycles. The molecule has 1 rings (SSSR count). The Balaban J connectivity index is 3.20. The Morgan fingerprint density at radius 2 is 2.06 bits per heavy atom. The molecule has 1 aromatic rings. The molecule has 0 saturated heterocycles. The molecule has 90 valence electrons. The fourth-order valence-corrected chi connectivity index (χ4v) is 1.82. The van der Waals surface area contributed by atoms with Crippen LogP contribution in [0.15, 0.2) is 12.1 Å². The Kier molecular flexibility index (Phi) is 4.59. The van der Waals surface area contributed by atoms with Crippen LogP contribution in [-0.4, -0.2) is 17.8 Å². The highest BCUT2D eigenvalue weighted by molar-refractivity contribution is 6.32. The molecule has 0 fully saturated rings. The van der Waals surface area contributed by atoms with Crippen LogP contribution in [0.3, 0.4) is 0 Å². The summed E-state index contributed by atoms with van der Waals surface area (Å²) in [5, 5.41) is 10.3. The van der Waals surface area contributed by atoms with Gasteiger partial charge in [-0.3, -0.25) is 0 Å². The zero-order chi connectivity index (χ0) is 12.3. The highest BCUT2D eigenvalue weighted by Crippen LogP contribution is 2.34. The summed E-state index contributed by atoms with van der Waals surface area (Å²) in [4.78, 5) is 0. The summed E-state index contributed by atoms with van der Waals surface area (Å²) < 4.78 is 5.61. The van der Waals surface area contributed by atoms with Crippen molar-refractivity contribution in [3.8, 4) is 5.75 Å². The zero-order valence-electron chi connectivity index (χ0n) is 9.83. The van der Waals surface area contributed by atoms with Crippen molar-refractivity contribution in [3.63, 3.8) is 0 Å². The first-order chi connectivity index (χ1) is 7.45. The average molecular weight is 244 g/mol. The fraction of sp³-hybridized carbons (Fsp3) is 0.500. The van der Waals surface area contributed by atoms with E-state index in [0.29, 0.717) is 16.3 Å². The Hall–Kier alpha value is -0.770. The Labute approximate surface area is 101 Å². The molecular weight excluding hydrogens is 226 g/mol. The molecular formula is C12H18ClNO2. The summed E-state index contributed by atoms with van der Waals surface area (Å²) >= 11 is 6.10. The van der Waals surface area contributed by atoms with Crippen molar-refractivity contribution in [2.75, 3.05) is 6.54 Å². The van der Waals surface area contributed by atoms with Crippen LogP contribution in [0.1, 0.15) is 31.1 Å². The Bertz CT molecular complexity index is 366. The van der Waals surface area contributed by atoms with Crippen LogP contribution in [0, 0.1) is 6.92 Å². The zero-order valence-corrected chi connectivity index (χ0v) is 10.6. The largest absolute Gasteiger partial charge is 0.489 e. The van der Waals surface area contributed by atoms with E-state index in [2.05, 4.69) is 0 Å². The lowest BCUT2D eigenvalue weighted by molar-refractivity contribution is 0.173. The van der Waals surface area contributed by atoms with E-state index in [9.17, 15) is 5.11 Å². The molecule has 16 heavy (non-hydrogen) atoms. The van der Waals surface area contributed by atoms with Crippen molar-refractivity contribution in [2.24, 2.45) is 5.73 Å². The summed E-state index contributed by atoms with van der Waals surface area (Å²) in [6.45, 7) is 5.88. The van der Waals surface area contributed by atoms with Crippen molar-refractivity contribution in [1.82, 2.24) is 0 Å². The topological polar surface area (TPSA) is 55.5 Å². The van der Waals surface area contributed by atoms with E-state index in [1.165, 1.54) is 0 Å². The van der Waals surface area contributed by atoms with E-state index in [0.717, 1.165) is 5.56 Å². The first-order valence-corrected chi connectivity index (χ1v) is 5.68. The van der Waals surface area contributed by atoms with Crippen molar-refractivity contribution in [3.05, 3.63) is 28.3 Å². The summed E-state index contributed by atoms with van der Waals surface area (Å²) in [6, 6.07) is 3.66. The first kappa shape index (κ1) is 13.3. The number of nitrogens with two attached hydrogens (primary N) is 1. The molecule has 0 saturated carbocycles. The number of ether oxygens (including phenoxy) is 1. The molecule has 0 aliphatic rings. The SMILES string of the molecule is Cc1cc(Cl)c(OC(C)C)c(C(O)CN)c1. The number of hydrogen-bond acceptors (Lipinski definition) is 3. The van der Waals surface area contributed by atoms with Crippen LogP contribution >= 0.6 is 11.6 Å². The second-order valence-corrected chi connectivity index (χ2v) is 4.49. The van der Waals surface area contributed by atoms with Gasteiger partial charge in [0.05, 0.1) is 17.2 Å². The number of rotatable bonds is 4. The lowest BCUT2D eigenvalue weighted by Gasteiger charge is -2.19. The maximum absolute atomic E-state index is 9.81.